The van der Waals surface area contributed by atoms with Gasteiger partial charge < -0.3 is 56.7 Å². The minimum Gasteiger partial charge on any atom is -0.481 e. The number of nitrogens with two attached hydrogens (primary N) is 1. The van der Waals surface area contributed by atoms with Gasteiger partial charge in [0.1, 0.15) is 0 Å². The van der Waals surface area contributed by atoms with Gasteiger partial charge >= 0.3 is 17.9 Å². The lowest BCUT2D eigenvalue weighted by molar-refractivity contribution is -0.143. The van der Waals surface area contributed by atoms with Gasteiger partial charge in [-0.3, -0.25) is 38.4 Å². The van der Waals surface area contributed by atoms with Gasteiger partial charge in [-0.2, -0.15) is 0 Å². The lowest BCUT2D eigenvalue weighted by Gasteiger charge is -2.17. The van der Waals surface area contributed by atoms with Gasteiger partial charge in [-0.25, -0.2) is 0 Å². The van der Waals surface area contributed by atoms with E-state index in [4.69, 9.17) is 21.1 Å². The molecule has 10 N–H and O–H groups in total. The maximum atomic E-state index is 12.4. The largest absolute Gasteiger partial charge is 0.481 e. The summed E-state index contributed by atoms with van der Waals surface area (Å²) in [5, 5.41) is 52.6. The van der Waals surface area contributed by atoms with Crippen molar-refractivity contribution in [1.29, 1.82) is 0 Å². The summed E-state index contributed by atoms with van der Waals surface area (Å²) in [5.74, 6) is -4.63. The van der Waals surface area contributed by atoms with Crippen LogP contribution in [0.4, 0.5) is 11.4 Å². The third kappa shape index (κ3) is 26.7. The van der Waals surface area contributed by atoms with E-state index in [0.29, 0.717) is 48.2 Å². The zero-order chi connectivity index (χ0) is 48.1. The van der Waals surface area contributed by atoms with Gasteiger partial charge in [0.15, 0.2) is 11.6 Å². The Kier molecular flexibility index (Phi) is 31.8. The third-order valence-electron chi connectivity index (χ3n) is 9.25. The number of carbonyl (C=O) groups is 8. The van der Waals surface area contributed by atoms with E-state index in [1.807, 2.05) is 0 Å². The molecule has 19 nitrogen and oxygen atoms in total. The Labute approximate surface area is 375 Å². The van der Waals surface area contributed by atoms with Crippen molar-refractivity contribution in [2.24, 2.45) is 11.8 Å². The Morgan fingerprint density at radius 3 is 1.25 bits per heavy atom. The number of carboxylic acids is 1. The number of carboxylic acid groups (broad SMARTS) is 1. The number of hydrogen-bond acceptors (Lipinski definition) is 15. The van der Waals surface area contributed by atoms with Crippen LogP contribution in [0.25, 0.3) is 0 Å². The number of carbonyl (C=O) groups excluding carboxylic acids is 7. The van der Waals surface area contributed by atoms with E-state index < -0.39 is 29.9 Å². The standard InChI is InChI=1S/C22H32N2O7.C14H23NO6.C8H11NO2.CH4/c1-14(22(30)24-18-10-16(12-25)9-17(11-18)13-26)8-19(27)15(2)23-20(28)6-4-5-7-21(29)31-3;1-9(14(19)20)8-11(16)10(2)15-12(17)6-4-5-7-13(18)21-3;9-8-2-6(4-10)1-7(3-8)5-11;/h9-11,14-15,25-26H,4-8,12-13H2,1-3H3,(H,23,28)(H,24,30);9-10H,4-8H2,1-3H3,(H,15,17)(H,19,20);1-3,10-11H,4-5,9H2;1H4/t14-,15+;9-,10+;;/m11../s1. The number of ether oxygens (including phenoxy) is 2. The molecule has 0 heterocycles. The number of esters is 2. The lowest BCUT2D eigenvalue weighted by atomic mass is 9.99. The number of ketones is 2. The normalized spacial score (nSPS) is 12.1. The van der Waals surface area contributed by atoms with Crippen molar-refractivity contribution < 1.29 is 73.4 Å². The first-order valence-electron chi connectivity index (χ1n) is 20.5. The fourth-order valence-electron chi connectivity index (χ4n) is 5.50. The molecule has 2 rings (SSSR count). The Hall–Kier alpha value is -5.76. The number of unbranched alkanes of at least 4 members (excludes halogenated alkanes) is 2. The van der Waals surface area contributed by atoms with E-state index in [1.54, 1.807) is 50.2 Å². The number of hydrogen-bond donors (Lipinski definition) is 9. The maximum Gasteiger partial charge on any atom is 0.306 e. The topological polar surface area (TPSA) is 318 Å². The molecule has 0 radical (unpaired) electrons. The molecule has 0 aliphatic carbocycles. The Morgan fingerprint density at radius 1 is 0.562 bits per heavy atom. The second-order valence-electron chi connectivity index (χ2n) is 14.9. The highest BCUT2D eigenvalue weighted by molar-refractivity contribution is 5.97. The smallest absolute Gasteiger partial charge is 0.306 e. The second kappa shape index (κ2) is 33.8. The number of rotatable bonds is 25. The molecule has 3 amide bonds. The predicted molar refractivity (Wildman–Crippen MR) is 238 cm³/mol. The van der Waals surface area contributed by atoms with Gasteiger partial charge in [0.25, 0.3) is 0 Å². The van der Waals surface area contributed by atoms with E-state index >= 15 is 0 Å². The van der Waals surface area contributed by atoms with Crippen molar-refractivity contribution in [3.05, 3.63) is 58.7 Å². The second-order valence-corrected chi connectivity index (χ2v) is 14.9. The molecule has 0 saturated carbocycles. The average molecular weight is 907 g/mol. The van der Waals surface area contributed by atoms with Crippen LogP contribution in [0.2, 0.25) is 0 Å². The minimum absolute atomic E-state index is 0. The molecule has 0 unspecified atom stereocenters. The van der Waals surface area contributed by atoms with Gasteiger partial charge in [0.2, 0.25) is 17.7 Å². The SMILES string of the molecule is C.COC(=O)CCCCC(=O)N[C@@H](C)C(=O)C[C@@H](C)C(=O)Nc1cc(CO)cc(CO)c1.COC(=O)CCCCC(=O)N[C@@H](C)C(=O)C[C@@H](C)C(=O)O.Nc1cc(CO)cc(CO)c1. The number of Topliss-reactive ketones (excluding diaryl/α,β-unsaturated/α-hetero) is 2. The zero-order valence-electron chi connectivity index (χ0n) is 37.1. The number of amides is 3. The Bertz CT molecular complexity index is 1760. The van der Waals surface area contributed by atoms with E-state index in [9.17, 15) is 48.6 Å². The first-order valence-corrected chi connectivity index (χ1v) is 20.5. The van der Waals surface area contributed by atoms with E-state index in [-0.39, 0.29) is 114 Å². The van der Waals surface area contributed by atoms with Crippen molar-refractivity contribution in [3.8, 4) is 0 Å². The average Bonchev–Trinajstić information content (AvgIpc) is 3.25. The highest BCUT2D eigenvalue weighted by atomic mass is 16.5. The molecular formula is C45H70N4O15. The first kappa shape index (κ1) is 60.3. The molecular weight excluding hydrogens is 837 g/mol. The highest BCUT2D eigenvalue weighted by Crippen LogP contribution is 2.18. The molecule has 0 saturated heterocycles. The fraction of sp³-hybridized carbons (Fsp3) is 0.556. The molecule has 2 aromatic rings. The van der Waals surface area contributed by atoms with Gasteiger partial charge in [-0.05, 0) is 86.1 Å². The molecule has 0 aromatic heterocycles. The fourth-order valence-corrected chi connectivity index (χ4v) is 5.50. The molecule has 19 heteroatoms. The monoisotopic (exact) mass is 906 g/mol. The molecule has 2 aromatic carbocycles. The molecule has 4 atom stereocenters. The molecule has 0 aliphatic rings. The van der Waals surface area contributed by atoms with E-state index in [1.165, 1.54) is 28.1 Å². The quantitative estimate of drug-likeness (QED) is 0.0392. The molecule has 0 bridgehead atoms. The summed E-state index contributed by atoms with van der Waals surface area (Å²) in [7, 11) is 2.61. The Morgan fingerprint density at radius 2 is 0.906 bits per heavy atom. The maximum absolute atomic E-state index is 12.4. The molecule has 0 fully saturated rings. The van der Waals surface area contributed by atoms with Crippen LogP contribution < -0.4 is 21.7 Å². The van der Waals surface area contributed by atoms with Gasteiger partial charge in [0, 0.05) is 55.8 Å². The van der Waals surface area contributed by atoms with Crippen LogP contribution in [0.15, 0.2) is 36.4 Å². The number of aliphatic carboxylic acids is 1. The molecule has 0 aliphatic heterocycles. The van der Waals surface area contributed by atoms with Crippen LogP contribution in [0, 0.1) is 11.8 Å². The van der Waals surface area contributed by atoms with Crippen molar-refractivity contribution >= 4 is 58.6 Å². The summed E-state index contributed by atoms with van der Waals surface area (Å²) in [6, 6.07) is 8.45. The number of anilines is 2. The van der Waals surface area contributed by atoms with Crippen LogP contribution in [0.5, 0.6) is 0 Å². The number of benzene rings is 2. The van der Waals surface area contributed by atoms with Gasteiger partial charge in [-0.15, -0.1) is 0 Å². The van der Waals surface area contributed by atoms with Crippen LogP contribution in [0.1, 0.15) is 122 Å². The number of nitrogen functional groups attached to an aromatic ring is 1. The summed E-state index contributed by atoms with van der Waals surface area (Å²) in [6.45, 7) is 5.60. The Balaban J connectivity index is 0. The number of aliphatic hydroxyl groups excluding tert-OH is 4. The van der Waals surface area contributed by atoms with Crippen molar-refractivity contribution in [3.63, 3.8) is 0 Å². The number of aliphatic hydroxyl groups is 4. The van der Waals surface area contributed by atoms with E-state index in [0.717, 1.165) is 11.1 Å². The summed E-state index contributed by atoms with van der Waals surface area (Å²) < 4.78 is 9.01. The number of nitrogens with one attached hydrogen (secondary N) is 3. The lowest BCUT2D eigenvalue weighted by Crippen LogP contribution is -2.39. The van der Waals surface area contributed by atoms with Crippen LogP contribution in [-0.2, 0) is 74.3 Å². The molecule has 64 heavy (non-hydrogen) atoms. The van der Waals surface area contributed by atoms with Crippen molar-refractivity contribution in [1.82, 2.24) is 10.6 Å². The molecule has 360 valence electrons. The molecule has 0 spiro atoms. The van der Waals surface area contributed by atoms with Gasteiger partial charge in [-0.1, -0.05) is 33.4 Å². The number of methoxy groups -OCH3 is 2. The summed E-state index contributed by atoms with van der Waals surface area (Å²) in [5.41, 5.74) is 9.04. The minimum atomic E-state index is -1.04. The summed E-state index contributed by atoms with van der Waals surface area (Å²) >= 11 is 0. The first-order chi connectivity index (χ1) is 29.7. The van der Waals surface area contributed by atoms with Gasteiger partial charge in [0.05, 0.1) is 58.6 Å². The van der Waals surface area contributed by atoms with Crippen molar-refractivity contribution in [2.75, 3.05) is 25.3 Å². The summed E-state index contributed by atoms with van der Waals surface area (Å²) in [4.78, 5) is 92.6. The van der Waals surface area contributed by atoms with E-state index in [2.05, 4.69) is 25.4 Å². The third-order valence-corrected chi connectivity index (χ3v) is 9.25. The summed E-state index contributed by atoms with van der Waals surface area (Å²) in [6.07, 6.45) is 2.83. The van der Waals surface area contributed by atoms with Crippen molar-refractivity contribution in [2.45, 2.75) is 138 Å². The van der Waals surface area contributed by atoms with Crippen LogP contribution in [-0.4, -0.2) is 99.0 Å². The zero-order valence-corrected chi connectivity index (χ0v) is 37.1. The predicted octanol–water partition coefficient (Wildman–Crippen LogP) is 3.24. The van der Waals surface area contributed by atoms with Crippen LogP contribution in [0.3, 0.4) is 0 Å². The van der Waals surface area contributed by atoms with Crippen LogP contribution >= 0.6 is 0 Å². The highest BCUT2D eigenvalue weighted by Gasteiger charge is 2.23.